The number of hydrogen-bond acceptors (Lipinski definition) is 4. The molecular formula is C27H29Cl2N3O4S. The van der Waals surface area contributed by atoms with Crippen LogP contribution in [0.5, 0.6) is 0 Å². The molecular weight excluding hydrogens is 533 g/mol. The highest BCUT2D eigenvalue weighted by atomic mass is 35.5. The minimum atomic E-state index is -4.11. The number of nitrogens with one attached hydrogen (secondary N) is 1. The van der Waals surface area contributed by atoms with E-state index in [1.807, 2.05) is 13.0 Å². The van der Waals surface area contributed by atoms with Gasteiger partial charge in [-0.1, -0.05) is 66.5 Å². The van der Waals surface area contributed by atoms with E-state index in [9.17, 15) is 18.0 Å². The fourth-order valence-corrected chi connectivity index (χ4v) is 5.92. The summed E-state index contributed by atoms with van der Waals surface area (Å²) in [4.78, 5) is 28.0. The first-order chi connectivity index (χ1) is 17.6. The van der Waals surface area contributed by atoms with Crippen molar-refractivity contribution < 1.29 is 18.0 Å². The Morgan fingerprint density at radius 2 is 1.57 bits per heavy atom. The van der Waals surface area contributed by atoms with Gasteiger partial charge in [-0.05, 0) is 55.3 Å². The first kappa shape index (κ1) is 28.5. The van der Waals surface area contributed by atoms with Gasteiger partial charge in [0.25, 0.3) is 10.0 Å². The lowest BCUT2D eigenvalue weighted by molar-refractivity contribution is -0.140. The molecule has 2 amide bonds. The van der Waals surface area contributed by atoms with E-state index in [4.69, 9.17) is 23.2 Å². The molecule has 0 spiro atoms. The zero-order valence-electron chi connectivity index (χ0n) is 20.8. The van der Waals surface area contributed by atoms with Crippen LogP contribution in [0.2, 0.25) is 10.0 Å². The lowest BCUT2D eigenvalue weighted by atomic mass is 10.1. The molecule has 1 atom stereocenters. The van der Waals surface area contributed by atoms with Gasteiger partial charge in [-0.3, -0.25) is 13.9 Å². The van der Waals surface area contributed by atoms with Crippen molar-refractivity contribution in [2.24, 2.45) is 0 Å². The zero-order valence-corrected chi connectivity index (χ0v) is 23.1. The Morgan fingerprint density at radius 1 is 0.946 bits per heavy atom. The van der Waals surface area contributed by atoms with E-state index in [1.165, 1.54) is 24.1 Å². The number of benzene rings is 3. The number of carbonyl (C=O) groups is 2. The molecule has 0 aliphatic carbocycles. The van der Waals surface area contributed by atoms with E-state index >= 15 is 0 Å². The average molecular weight is 563 g/mol. The lowest BCUT2D eigenvalue weighted by Gasteiger charge is -2.33. The van der Waals surface area contributed by atoms with E-state index in [-0.39, 0.29) is 17.3 Å². The monoisotopic (exact) mass is 561 g/mol. The van der Waals surface area contributed by atoms with Crippen molar-refractivity contribution in [3.8, 4) is 0 Å². The second kappa shape index (κ2) is 12.4. The van der Waals surface area contributed by atoms with Crippen LogP contribution >= 0.6 is 23.2 Å². The van der Waals surface area contributed by atoms with E-state index in [0.29, 0.717) is 27.7 Å². The first-order valence-electron chi connectivity index (χ1n) is 11.7. The van der Waals surface area contributed by atoms with Gasteiger partial charge in [0.05, 0.1) is 10.6 Å². The van der Waals surface area contributed by atoms with Crippen LogP contribution in [0, 0.1) is 6.92 Å². The third-order valence-corrected chi connectivity index (χ3v) is 8.42. The molecule has 1 N–H and O–H groups in total. The topological polar surface area (TPSA) is 86.8 Å². The fourth-order valence-electron chi connectivity index (χ4n) is 3.97. The minimum absolute atomic E-state index is 0.0448. The van der Waals surface area contributed by atoms with Gasteiger partial charge >= 0.3 is 0 Å². The molecule has 3 aromatic rings. The molecule has 3 rings (SSSR count). The molecule has 0 aromatic heterocycles. The van der Waals surface area contributed by atoms with Crippen LogP contribution in [0.25, 0.3) is 0 Å². The van der Waals surface area contributed by atoms with Crippen molar-refractivity contribution in [1.82, 2.24) is 10.2 Å². The molecule has 0 saturated heterocycles. The summed E-state index contributed by atoms with van der Waals surface area (Å²) in [5.41, 5.74) is 1.63. The Kier molecular flexibility index (Phi) is 9.59. The van der Waals surface area contributed by atoms with E-state index in [1.54, 1.807) is 61.5 Å². The summed E-state index contributed by atoms with van der Waals surface area (Å²) in [6, 6.07) is 18.9. The second-order valence-electron chi connectivity index (χ2n) is 8.42. The average Bonchev–Trinajstić information content (AvgIpc) is 2.88. The number of nitrogens with zero attached hydrogens (tertiary/aromatic N) is 2. The van der Waals surface area contributed by atoms with Gasteiger partial charge in [-0.15, -0.1) is 0 Å². The van der Waals surface area contributed by atoms with Crippen molar-refractivity contribution in [2.75, 3.05) is 17.9 Å². The molecule has 0 aliphatic rings. The standard InChI is InChI=1S/C27H29Cl2N3O4S/c1-4-25(27(34)30-3)31(17-22-23(28)14-9-15-24(22)29)26(33)18-32(20-11-8-10-19(2)16-20)37(35,36)21-12-6-5-7-13-21/h5-16,25H,4,17-18H2,1-3H3,(H,30,34). The van der Waals surface area contributed by atoms with Crippen LogP contribution in [0.15, 0.2) is 77.7 Å². The zero-order chi connectivity index (χ0) is 27.2. The van der Waals surface area contributed by atoms with Crippen LogP contribution < -0.4 is 9.62 Å². The summed E-state index contributed by atoms with van der Waals surface area (Å²) in [5, 5.41) is 3.26. The number of anilines is 1. The molecule has 7 nitrogen and oxygen atoms in total. The van der Waals surface area contributed by atoms with Crippen LogP contribution in [0.4, 0.5) is 5.69 Å². The quantitative estimate of drug-likeness (QED) is 0.375. The van der Waals surface area contributed by atoms with Gasteiger partial charge in [-0.25, -0.2) is 8.42 Å². The number of halogens is 2. The van der Waals surface area contributed by atoms with Crippen LogP contribution in [0.3, 0.4) is 0 Å². The van der Waals surface area contributed by atoms with Crippen LogP contribution in [-0.2, 0) is 26.2 Å². The molecule has 3 aromatic carbocycles. The molecule has 0 heterocycles. The largest absolute Gasteiger partial charge is 0.357 e. The lowest BCUT2D eigenvalue weighted by Crippen LogP contribution is -2.51. The van der Waals surface area contributed by atoms with Gasteiger partial charge in [0.1, 0.15) is 12.6 Å². The summed E-state index contributed by atoms with van der Waals surface area (Å²) in [7, 11) is -2.63. The van der Waals surface area contributed by atoms with Crippen molar-refractivity contribution in [2.45, 2.75) is 37.8 Å². The van der Waals surface area contributed by atoms with E-state index in [0.717, 1.165) is 9.87 Å². The summed E-state index contributed by atoms with van der Waals surface area (Å²) in [5.74, 6) is -0.959. The Morgan fingerprint density at radius 3 is 2.14 bits per heavy atom. The number of amides is 2. The summed E-state index contributed by atoms with van der Waals surface area (Å²) < 4.78 is 28.5. The number of likely N-dealkylation sites (N-methyl/N-ethyl adjacent to an activating group) is 1. The number of hydrogen-bond donors (Lipinski definition) is 1. The van der Waals surface area contributed by atoms with Crippen LogP contribution in [0.1, 0.15) is 24.5 Å². The van der Waals surface area contributed by atoms with Crippen molar-refractivity contribution in [3.63, 3.8) is 0 Å². The molecule has 0 aliphatic heterocycles. The molecule has 37 heavy (non-hydrogen) atoms. The maximum atomic E-state index is 13.9. The minimum Gasteiger partial charge on any atom is -0.357 e. The molecule has 0 fully saturated rings. The van der Waals surface area contributed by atoms with Crippen molar-refractivity contribution in [3.05, 3.63) is 94.0 Å². The highest BCUT2D eigenvalue weighted by molar-refractivity contribution is 7.92. The molecule has 0 bridgehead atoms. The summed E-state index contributed by atoms with van der Waals surface area (Å²) >= 11 is 12.8. The Balaban J connectivity index is 2.09. The normalized spacial score (nSPS) is 12.0. The Labute approximate surface area is 228 Å². The Bertz CT molecular complexity index is 1350. The molecule has 10 heteroatoms. The van der Waals surface area contributed by atoms with Gasteiger partial charge < -0.3 is 10.2 Å². The Hall–Kier alpha value is -3.07. The van der Waals surface area contributed by atoms with Crippen molar-refractivity contribution in [1.29, 1.82) is 0 Å². The van der Waals surface area contributed by atoms with Gasteiger partial charge in [0.2, 0.25) is 11.8 Å². The number of sulfonamides is 1. The van der Waals surface area contributed by atoms with Gasteiger partial charge in [0, 0.05) is 29.2 Å². The van der Waals surface area contributed by atoms with E-state index < -0.39 is 28.5 Å². The predicted octanol–water partition coefficient (Wildman–Crippen LogP) is 5.05. The highest BCUT2D eigenvalue weighted by Gasteiger charge is 2.34. The highest BCUT2D eigenvalue weighted by Crippen LogP contribution is 2.29. The summed E-state index contributed by atoms with van der Waals surface area (Å²) in [6.07, 6.45) is 0.295. The van der Waals surface area contributed by atoms with Crippen molar-refractivity contribution >= 4 is 50.7 Å². The van der Waals surface area contributed by atoms with Gasteiger partial charge in [-0.2, -0.15) is 0 Å². The molecule has 0 radical (unpaired) electrons. The fraction of sp³-hybridized carbons (Fsp3) is 0.259. The molecule has 196 valence electrons. The van der Waals surface area contributed by atoms with Gasteiger partial charge in [0.15, 0.2) is 0 Å². The number of aryl methyl sites for hydroxylation is 1. The third kappa shape index (κ3) is 6.63. The SMILES string of the molecule is CCC(C(=O)NC)N(Cc1c(Cl)cccc1Cl)C(=O)CN(c1cccc(C)c1)S(=O)(=O)c1ccccc1. The maximum absolute atomic E-state index is 13.9. The maximum Gasteiger partial charge on any atom is 0.264 e. The van der Waals surface area contributed by atoms with Crippen LogP contribution in [-0.4, -0.2) is 44.8 Å². The second-order valence-corrected chi connectivity index (χ2v) is 11.1. The molecule has 1 unspecified atom stereocenters. The first-order valence-corrected chi connectivity index (χ1v) is 13.9. The van der Waals surface area contributed by atoms with E-state index in [2.05, 4.69) is 5.32 Å². The molecule has 0 saturated carbocycles. The third-order valence-electron chi connectivity index (χ3n) is 5.92. The predicted molar refractivity (Wildman–Crippen MR) is 147 cm³/mol. The smallest absolute Gasteiger partial charge is 0.264 e. The summed E-state index contributed by atoms with van der Waals surface area (Å²) in [6.45, 7) is 3.00. The number of carbonyl (C=O) groups excluding carboxylic acids is 2. The number of rotatable bonds is 10.